The maximum absolute atomic E-state index is 12.5. The van der Waals surface area contributed by atoms with E-state index in [2.05, 4.69) is 15.8 Å². The van der Waals surface area contributed by atoms with Crippen LogP contribution in [0.3, 0.4) is 0 Å². The van der Waals surface area contributed by atoms with E-state index in [0.717, 1.165) is 0 Å². The van der Waals surface area contributed by atoms with Crippen LogP contribution in [0.15, 0.2) is 64.9 Å². The van der Waals surface area contributed by atoms with Crippen molar-refractivity contribution in [2.75, 3.05) is 18.6 Å². The molecule has 118 valence electrons. The Kier molecular flexibility index (Phi) is 5.99. The van der Waals surface area contributed by atoms with Crippen LogP contribution in [0, 0.1) is 0 Å². The van der Waals surface area contributed by atoms with Crippen LogP contribution in [0.25, 0.3) is 0 Å². The van der Waals surface area contributed by atoms with Crippen molar-refractivity contribution in [3.8, 4) is 0 Å². The third-order valence-electron chi connectivity index (χ3n) is 2.95. The largest absolute Gasteiger partial charge is 0.465 e. The molecule has 0 bridgehead atoms. The average Bonchev–Trinajstić information content (AvgIpc) is 2.59. The van der Waals surface area contributed by atoms with Crippen LogP contribution in [0.2, 0.25) is 0 Å². The van der Waals surface area contributed by atoms with Crippen molar-refractivity contribution in [1.29, 1.82) is 0 Å². The lowest BCUT2D eigenvalue weighted by Gasteiger charge is -2.07. The second-order valence-corrected chi connectivity index (χ2v) is 4.56. The SMILES string of the molecule is CCOC(=O)CN=NNc1ccccc1C(=O)c1ccccc1. The van der Waals surface area contributed by atoms with Gasteiger partial charge in [-0.25, -0.2) is 4.79 Å². The summed E-state index contributed by atoms with van der Waals surface area (Å²) in [6.45, 7) is 1.85. The number of esters is 1. The number of carbonyl (C=O) groups excluding carboxylic acids is 2. The lowest BCUT2D eigenvalue weighted by atomic mass is 10.0. The first-order valence-corrected chi connectivity index (χ1v) is 7.19. The molecule has 0 atom stereocenters. The highest BCUT2D eigenvalue weighted by Crippen LogP contribution is 2.19. The Hall–Kier alpha value is -3.02. The molecule has 0 radical (unpaired) electrons. The predicted molar refractivity (Wildman–Crippen MR) is 86.3 cm³/mol. The standard InChI is InChI=1S/C17H17N3O3/c1-2-23-16(21)12-18-20-19-15-11-7-6-10-14(15)17(22)13-8-4-3-5-9-13/h3-11H,2,12H2,1H3,(H,18,19). The molecule has 0 aliphatic rings. The molecule has 0 fully saturated rings. The molecular weight excluding hydrogens is 294 g/mol. The van der Waals surface area contributed by atoms with Gasteiger partial charge in [-0.15, -0.1) is 0 Å². The summed E-state index contributed by atoms with van der Waals surface area (Å²) in [4.78, 5) is 23.7. The van der Waals surface area contributed by atoms with Gasteiger partial charge in [-0.1, -0.05) is 47.7 Å². The van der Waals surface area contributed by atoms with Crippen LogP contribution >= 0.6 is 0 Å². The molecule has 0 saturated carbocycles. The van der Waals surface area contributed by atoms with Gasteiger partial charge < -0.3 is 4.74 Å². The first-order valence-electron chi connectivity index (χ1n) is 7.19. The van der Waals surface area contributed by atoms with Crippen LogP contribution in [-0.2, 0) is 9.53 Å². The van der Waals surface area contributed by atoms with Crippen molar-refractivity contribution >= 4 is 17.4 Å². The lowest BCUT2D eigenvalue weighted by molar-refractivity contribution is -0.141. The number of carbonyl (C=O) groups is 2. The van der Waals surface area contributed by atoms with Gasteiger partial charge in [-0.3, -0.25) is 10.2 Å². The first kappa shape index (κ1) is 16.4. The maximum Gasteiger partial charge on any atom is 0.329 e. The van der Waals surface area contributed by atoms with Crippen LogP contribution < -0.4 is 5.43 Å². The van der Waals surface area contributed by atoms with Crippen molar-refractivity contribution in [2.24, 2.45) is 10.3 Å². The molecule has 23 heavy (non-hydrogen) atoms. The van der Waals surface area contributed by atoms with Gasteiger partial charge in [-0.05, 0) is 19.1 Å². The van der Waals surface area contributed by atoms with Gasteiger partial charge in [0.2, 0.25) is 0 Å². The Morgan fingerprint density at radius 2 is 1.74 bits per heavy atom. The van der Waals surface area contributed by atoms with E-state index < -0.39 is 5.97 Å². The fraction of sp³-hybridized carbons (Fsp3) is 0.176. The van der Waals surface area contributed by atoms with E-state index in [9.17, 15) is 9.59 Å². The number of nitrogens with zero attached hydrogens (tertiary/aromatic N) is 2. The van der Waals surface area contributed by atoms with Crippen LogP contribution in [0.4, 0.5) is 5.69 Å². The summed E-state index contributed by atoms with van der Waals surface area (Å²) >= 11 is 0. The number of ether oxygens (including phenoxy) is 1. The summed E-state index contributed by atoms with van der Waals surface area (Å²) < 4.78 is 4.74. The minimum Gasteiger partial charge on any atom is -0.465 e. The number of anilines is 1. The van der Waals surface area contributed by atoms with Gasteiger partial charge in [0.15, 0.2) is 12.3 Å². The van der Waals surface area contributed by atoms with Crippen molar-refractivity contribution in [3.05, 3.63) is 65.7 Å². The Morgan fingerprint density at radius 1 is 1.04 bits per heavy atom. The average molecular weight is 311 g/mol. The Morgan fingerprint density at radius 3 is 2.48 bits per heavy atom. The molecule has 0 spiro atoms. The molecule has 2 aromatic carbocycles. The van der Waals surface area contributed by atoms with Gasteiger partial charge >= 0.3 is 5.97 Å². The van der Waals surface area contributed by atoms with Gasteiger partial charge in [0, 0.05) is 11.1 Å². The number of hydrogen-bond donors (Lipinski definition) is 1. The van der Waals surface area contributed by atoms with E-state index in [4.69, 9.17) is 4.74 Å². The fourth-order valence-corrected chi connectivity index (χ4v) is 1.91. The van der Waals surface area contributed by atoms with Crippen LogP contribution in [-0.4, -0.2) is 24.9 Å². The number of nitrogens with one attached hydrogen (secondary N) is 1. The molecule has 0 saturated heterocycles. The molecule has 6 nitrogen and oxygen atoms in total. The van der Waals surface area contributed by atoms with Crippen molar-refractivity contribution in [1.82, 2.24) is 0 Å². The summed E-state index contributed by atoms with van der Waals surface area (Å²) in [5.74, 6) is -0.569. The predicted octanol–water partition coefficient (Wildman–Crippen LogP) is 3.26. The topological polar surface area (TPSA) is 80.1 Å². The first-order chi connectivity index (χ1) is 11.2. The molecule has 2 rings (SSSR count). The van der Waals surface area contributed by atoms with Gasteiger partial charge in [0.25, 0.3) is 0 Å². The van der Waals surface area contributed by atoms with E-state index in [1.54, 1.807) is 43.3 Å². The molecule has 0 amide bonds. The maximum atomic E-state index is 12.5. The number of benzene rings is 2. The van der Waals surface area contributed by atoms with Gasteiger partial charge in [0.1, 0.15) is 0 Å². The Labute approximate surface area is 134 Å². The molecule has 0 aliphatic heterocycles. The number of ketones is 1. The number of hydrogen-bond acceptors (Lipinski definition) is 5. The Balaban J connectivity index is 2.08. The summed E-state index contributed by atoms with van der Waals surface area (Å²) in [6.07, 6.45) is 0. The summed E-state index contributed by atoms with van der Waals surface area (Å²) in [5.41, 5.74) is 4.28. The normalized spacial score (nSPS) is 10.5. The molecule has 6 heteroatoms. The molecule has 0 aromatic heterocycles. The van der Waals surface area contributed by atoms with Crippen molar-refractivity contribution in [2.45, 2.75) is 6.92 Å². The molecular formula is C17H17N3O3. The molecule has 1 N–H and O–H groups in total. The second-order valence-electron chi connectivity index (χ2n) is 4.56. The summed E-state index contributed by atoms with van der Waals surface area (Å²) in [6, 6.07) is 16.0. The highest BCUT2D eigenvalue weighted by atomic mass is 16.5. The molecule has 0 heterocycles. The fourth-order valence-electron chi connectivity index (χ4n) is 1.91. The summed E-state index contributed by atoms with van der Waals surface area (Å²) in [7, 11) is 0. The zero-order chi connectivity index (χ0) is 16.5. The van der Waals surface area contributed by atoms with E-state index in [-0.39, 0.29) is 12.3 Å². The molecule has 0 unspecified atom stereocenters. The zero-order valence-electron chi connectivity index (χ0n) is 12.7. The number of rotatable bonds is 7. The van der Waals surface area contributed by atoms with E-state index in [1.807, 2.05) is 18.2 Å². The number of para-hydroxylation sites is 1. The monoisotopic (exact) mass is 311 g/mol. The van der Waals surface area contributed by atoms with E-state index in [0.29, 0.717) is 23.4 Å². The lowest BCUT2D eigenvalue weighted by Crippen LogP contribution is -2.08. The highest BCUT2D eigenvalue weighted by molar-refractivity contribution is 6.12. The minimum absolute atomic E-state index is 0.116. The Bertz CT molecular complexity index is 699. The third-order valence-corrected chi connectivity index (χ3v) is 2.95. The molecule has 2 aromatic rings. The minimum atomic E-state index is -0.452. The second kappa shape index (κ2) is 8.43. The van der Waals surface area contributed by atoms with E-state index >= 15 is 0 Å². The summed E-state index contributed by atoms with van der Waals surface area (Å²) in [5, 5.41) is 7.41. The smallest absolute Gasteiger partial charge is 0.329 e. The molecule has 0 aliphatic carbocycles. The van der Waals surface area contributed by atoms with Gasteiger partial charge in [0.05, 0.1) is 12.3 Å². The van der Waals surface area contributed by atoms with Crippen LogP contribution in [0.5, 0.6) is 0 Å². The third kappa shape index (κ3) is 4.74. The highest BCUT2D eigenvalue weighted by Gasteiger charge is 2.12. The van der Waals surface area contributed by atoms with E-state index in [1.165, 1.54) is 0 Å². The van der Waals surface area contributed by atoms with Crippen LogP contribution in [0.1, 0.15) is 22.8 Å². The van der Waals surface area contributed by atoms with Crippen molar-refractivity contribution in [3.63, 3.8) is 0 Å². The quantitative estimate of drug-likeness (QED) is 0.368. The van der Waals surface area contributed by atoms with Crippen molar-refractivity contribution < 1.29 is 14.3 Å². The zero-order valence-corrected chi connectivity index (χ0v) is 12.7. The van der Waals surface area contributed by atoms with Gasteiger partial charge in [-0.2, -0.15) is 5.11 Å².